The van der Waals surface area contributed by atoms with Crippen molar-refractivity contribution in [1.82, 2.24) is 15.1 Å². The maximum atomic E-state index is 12.4. The highest BCUT2D eigenvalue weighted by Crippen LogP contribution is 2.26. The standard InChI is InChI=1S/C20H33N5O2/c1-6-18(26)23-17-13-16(8-7-15(17)2)22-19(27)21-14-20(24(3)4)9-11-25(5)12-10-20/h7-8,13H,6,9-12,14H2,1-5H3,(H,23,26)(H2,21,22,27). The van der Waals surface area contributed by atoms with Crippen LogP contribution in [0.15, 0.2) is 18.2 Å². The summed E-state index contributed by atoms with van der Waals surface area (Å²) in [5.41, 5.74) is 2.32. The average molecular weight is 376 g/mol. The van der Waals surface area contributed by atoms with Crippen LogP contribution in [0.4, 0.5) is 16.2 Å². The number of piperidine rings is 1. The highest BCUT2D eigenvalue weighted by atomic mass is 16.2. The smallest absolute Gasteiger partial charge is 0.319 e. The summed E-state index contributed by atoms with van der Waals surface area (Å²) in [6.45, 7) is 6.39. The summed E-state index contributed by atoms with van der Waals surface area (Å²) >= 11 is 0. The third kappa shape index (κ3) is 5.68. The molecule has 1 aliphatic rings. The second-order valence-corrected chi connectivity index (χ2v) is 7.66. The van der Waals surface area contributed by atoms with Crippen molar-refractivity contribution in [2.75, 3.05) is 51.4 Å². The molecule has 0 aliphatic carbocycles. The maximum Gasteiger partial charge on any atom is 0.319 e. The van der Waals surface area contributed by atoms with Gasteiger partial charge in [0.15, 0.2) is 0 Å². The van der Waals surface area contributed by atoms with Crippen molar-refractivity contribution in [3.8, 4) is 0 Å². The van der Waals surface area contributed by atoms with Crippen molar-refractivity contribution in [2.45, 2.75) is 38.6 Å². The van der Waals surface area contributed by atoms with Crippen LogP contribution in [0.1, 0.15) is 31.7 Å². The largest absolute Gasteiger partial charge is 0.336 e. The molecule has 1 aromatic rings. The van der Waals surface area contributed by atoms with Gasteiger partial charge < -0.3 is 25.8 Å². The highest BCUT2D eigenvalue weighted by Gasteiger charge is 2.36. The molecule has 27 heavy (non-hydrogen) atoms. The van der Waals surface area contributed by atoms with Gasteiger partial charge in [-0.05, 0) is 71.7 Å². The molecule has 0 saturated carbocycles. The van der Waals surface area contributed by atoms with Crippen LogP contribution in [-0.4, -0.2) is 68.1 Å². The van der Waals surface area contributed by atoms with Gasteiger partial charge in [-0.15, -0.1) is 0 Å². The number of urea groups is 1. The molecule has 1 aliphatic heterocycles. The number of hydrogen-bond donors (Lipinski definition) is 3. The fraction of sp³-hybridized carbons (Fsp3) is 0.600. The molecule has 2 rings (SSSR count). The molecule has 0 atom stereocenters. The number of benzene rings is 1. The molecule has 3 amide bonds. The Labute approximate surface area is 162 Å². The molecule has 0 radical (unpaired) electrons. The number of anilines is 2. The number of amides is 3. The van der Waals surface area contributed by atoms with E-state index in [1.807, 2.05) is 26.0 Å². The number of likely N-dealkylation sites (N-methyl/N-ethyl adjacent to an activating group) is 1. The van der Waals surface area contributed by atoms with Crippen LogP contribution in [-0.2, 0) is 4.79 Å². The lowest BCUT2D eigenvalue weighted by Crippen LogP contribution is -2.58. The van der Waals surface area contributed by atoms with Gasteiger partial charge in [0.2, 0.25) is 5.91 Å². The molecule has 7 heteroatoms. The van der Waals surface area contributed by atoms with E-state index in [0.717, 1.165) is 37.2 Å². The van der Waals surface area contributed by atoms with E-state index in [0.29, 0.717) is 18.7 Å². The minimum absolute atomic E-state index is 0.0165. The summed E-state index contributed by atoms with van der Waals surface area (Å²) in [5.74, 6) is -0.0464. The summed E-state index contributed by atoms with van der Waals surface area (Å²) in [5, 5.41) is 8.76. The van der Waals surface area contributed by atoms with Crippen molar-refractivity contribution in [1.29, 1.82) is 0 Å². The van der Waals surface area contributed by atoms with Crippen molar-refractivity contribution in [2.24, 2.45) is 0 Å². The molecule has 150 valence electrons. The zero-order valence-corrected chi connectivity index (χ0v) is 17.2. The molecule has 0 bridgehead atoms. The molecule has 0 unspecified atom stereocenters. The van der Waals surface area contributed by atoms with Crippen molar-refractivity contribution >= 4 is 23.3 Å². The van der Waals surface area contributed by atoms with Crippen LogP contribution < -0.4 is 16.0 Å². The Balaban J connectivity index is 1.97. The van der Waals surface area contributed by atoms with Gasteiger partial charge >= 0.3 is 6.03 Å². The summed E-state index contributed by atoms with van der Waals surface area (Å²) in [6, 6.07) is 5.29. The number of carbonyl (C=O) groups excluding carboxylic acids is 2. The van der Waals surface area contributed by atoms with Crippen molar-refractivity contribution in [3.05, 3.63) is 23.8 Å². The SMILES string of the molecule is CCC(=O)Nc1cc(NC(=O)NCC2(N(C)C)CCN(C)CC2)ccc1C. The maximum absolute atomic E-state index is 12.4. The molecular weight excluding hydrogens is 342 g/mol. The van der Waals surface area contributed by atoms with Crippen LogP contribution in [0.5, 0.6) is 0 Å². The second kappa shape index (κ2) is 9.19. The Hall–Kier alpha value is -2.12. The Kier molecular flexibility index (Phi) is 7.21. The third-order valence-electron chi connectivity index (χ3n) is 5.54. The highest BCUT2D eigenvalue weighted by molar-refractivity contribution is 5.94. The zero-order valence-electron chi connectivity index (χ0n) is 17.2. The van der Waals surface area contributed by atoms with Crippen LogP contribution in [0.2, 0.25) is 0 Å². The average Bonchev–Trinajstić information content (AvgIpc) is 2.64. The number of nitrogens with one attached hydrogen (secondary N) is 3. The molecule has 1 fully saturated rings. The topological polar surface area (TPSA) is 76.7 Å². The number of rotatable bonds is 6. The molecule has 1 aromatic carbocycles. The third-order valence-corrected chi connectivity index (χ3v) is 5.54. The minimum Gasteiger partial charge on any atom is -0.336 e. The van der Waals surface area contributed by atoms with E-state index in [-0.39, 0.29) is 17.5 Å². The fourth-order valence-corrected chi connectivity index (χ4v) is 3.31. The molecule has 7 nitrogen and oxygen atoms in total. The van der Waals surface area contributed by atoms with Gasteiger partial charge in [-0.1, -0.05) is 13.0 Å². The lowest BCUT2D eigenvalue weighted by atomic mass is 9.86. The van der Waals surface area contributed by atoms with Crippen LogP contribution in [0.3, 0.4) is 0 Å². The number of aryl methyl sites for hydroxylation is 1. The first-order chi connectivity index (χ1) is 12.8. The number of nitrogens with zero attached hydrogens (tertiary/aromatic N) is 2. The summed E-state index contributed by atoms with van der Waals surface area (Å²) in [4.78, 5) is 28.6. The van der Waals surface area contributed by atoms with Gasteiger partial charge in [-0.2, -0.15) is 0 Å². The molecular formula is C20H33N5O2. The van der Waals surface area contributed by atoms with E-state index in [2.05, 4.69) is 46.9 Å². The van der Waals surface area contributed by atoms with Gasteiger partial charge in [-0.25, -0.2) is 4.79 Å². The first-order valence-corrected chi connectivity index (χ1v) is 9.57. The summed E-state index contributed by atoms with van der Waals surface area (Å²) in [6.07, 6.45) is 2.46. The Morgan fingerprint density at radius 1 is 1.19 bits per heavy atom. The van der Waals surface area contributed by atoms with Crippen LogP contribution >= 0.6 is 0 Å². The van der Waals surface area contributed by atoms with Gasteiger partial charge in [0.25, 0.3) is 0 Å². The molecule has 0 spiro atoms. The number of hydrogen-bond acceptors (Lipinski definition) is 4. The number of carbonyl (C=O) groups is 2. The van der Waals surface area contributed by atoms with Gasteiger partial charge in [0.1, 0.15) is 0 Å². The number of likely N-dealkylation sites (tertiary alicyclic amines) is 1. The van der Waals surface area contributed by atoms with E-state index in [4.69, 9.17) is 0 Å². The Morgan fingerprint density at radius 2 is 1.85 bits per heavy atom. The van der Waals surface area contributed by atoms with Crippen molar-refractivity contribution < 1.29 is 9.59 Å². The van der Waals surface area contributed by atoms with Crippen LogP contribution in [0, 0.1) is 6.92 Å². The minimum atomic E-state index is -0.230. The lowest BCUT2D eigenvalue weighted by Gasteiger charge is -2.45. The zero-order chi connectivity index (χ0) is 20.0. The molecule has 0 aromatic heterocycles. The van der Waals surface area contributed by atoms with Crippen LogP contribution in [0.25, 0.3) is 0 Å². The molecule has 3 N–H and O–H groups in total. The first kappa shape index (κ1) is 21.2. The van der Waals surface area contributed by atoms with E-state index < -0.39 is 0 Å². The Morgan fingerprint density at radius 3 is 2.44 bits per heavy atom. The summed E-state index contributed by atoms with van der Waals surface area (Å²) < 4.78 is 0. The normalized spacial score (nSPS) is 16.8. The van der Waals surface area contributed by atoms with E-state index in [1.54, 1.807) is 6.07 Å². The quantitative estimate of drug-likeness (QED) is 0.714. The monoisotopic (exact) mass is 375 g/mol. The van der Waals surface area contributed by atoms with E-state index in [9.17, 15) is 9.59 Å². The molecule has 1 saturated heterocycles. The van der Waals surface area contributed by atoms with Gasteiger partial charge in [0, 0.05) is 29.9 Å². The second-order valence-electron chi connectivity index (χ2n) is 7.66. The van der Waals surface area contributed by atoms with Gasteiger partial charge in [0.05, 0.1) is 0 Å². The van der Waals surface area contributed by atoms with E-state index >= 15 is 0 Å². The summed E-state index contributed by atoms with van der Waals surface area (Å²) in [7, 11) is 6.28. The molecule has 1 heterocycles. The van der Waals surface area contributed by atoms with Gasteiger partial charge in [-0.3, -0.25) is 4.79 Å². The first-order valence-electron chi connectivity index (χ1n) is 9.57. The van der Waals surface area contributed by atoms with E-state index in [1.165, 1.54) is 0 Å². The fourth-order valence-electron chi connectivity index (χ4n) is 3.31. The predicted molar refractivity (Wildman–Crippen MR) is 110 cm³/mol. The lowest BCUT2D eigenvalue weighted by molar-refractivity contribution is -0.115. The van der Waals surface area contributed by atoms with Crippen molar-refractivity contribution in [3.63, 3.8) is 0 Å². The Bertz CT molecular complexity index is 666. The predicted octanol–water partition coefficient (Wildman–Crippen LogP) is 2.49.